The Morgan fingerprint density at radius 1 is 1.15 bits per heavy atom. The summed E-state index contributed by atoms with van der Waals surface area (Å²) in [4.78, 5) is 17.3. The highest BCUT2D eigenvalue weighted by molar-refractivity contribution is 7.71. The van der Waals surface area contributed by atoms with Crippen LogP contribution in [0.15, 0.2) is 48.5 Å². The number of H-pyrrole nitrogens is 1. The summed E-state index contributed by atoms with van der Waals surface area (Å²) in [7, 11) is 0. The molecule has 1 aromatic heterocycles. The van der Waals surface area contributed by atoms with Gasteiger partial charge in [-0.25, -0.2) is 0 Å². The average molecular weight is 461 g/mol. The topological polar surface area (TPSA) is 81.0 Å². The van der Waals surface area contributed by atoms with Crippen LogP contribution in [0.25, 0.3) is 11.4 Å². The molecule has 33 heavy (non-hydrogen) atoms. The van der Waals surface area contributed by atoms with E-state index in [4.69, 9.17) is 17.5 Å². The number of aryl methyl sites for hydroxylation is 1. The van der Waals surface area contributed by atoms with Crippen molar-refractivity contribution in [2.45, 2.75) is 32.9 Å². The van der Waals surface area contributed by atoms with Crippen LogP contribution in [-0.4, -0.2) is 56.7 Å². The van der Waals surface area contributed by atoms with E-state index in [9.17, 15) is 4.79 Å². The molecule has 0 atom stereocenters. The maximum Gasteiger partial charge on any atom is 0.224 e. The van der Waals surface area contributed by atoms with Gasteiger partial charge in [0.2, 0.25) is 5.91 Å². The van der Waals surface area contributed by atoms with Gasteiger partial charge in [-0.05, 0) is 49.3 Å². The number of nitrogens with one attached hydrogen (secondary N) is 1. The van der Waals surface area contributed by atoms with E-state index >= 15 is 0 Å². The highest BCUT2D eigenvalue weighted by Gasteiger charge is 2.20. The lowest BCUT2D eigenvalue weighted by molar-refractivity contribution is -0.131. The molecule has 0 aliphatic carbocycles. The number of rotatable bonds is 6. The quantitative estimate of drug-likeness (QED) is 0.564. The number of amides is 1. The number of nitrogens with zero attached hydrogens (tertiary/aromatic N) is 5. The van der Waals surface area contributed by atoms with E-state index in [0.717, 1.165) is 56.1 Å². The number of nitriles is 1. The van der Waals surface area contributed by atoms with Gasteiger partial charge in [-0.1, -0.05) is 35.9 Å². The zero-order chi connectivity index (χ0) is 23.2. The van der Waals surface area contributed by atoms with Gasteiger partial charge in [-0.3, -0.25) is 19.4 Å². The lowest BCUT2D eigenvalue weighted by Crippen LogP contribution is -2.35. The summed E-state index contributed by atoms with van der Waals surface area (Å²) in [5.41, 5.74) is 4.00. The second-order valence-electron chi connectivity index (χ2n) is 8.44. The minimum Gasteiger partial charge on any atom is -0.341 e. The van der Waals surface area contributed by atoms with Gasteiger partial charge >= 0.3 is 0 Å². The third-order valence-corrected chi connectivity index (χ3v) is 6.33. The van der Waals surface area contributed by atoms with Crippen LogP contribution in [0, 0.1) is 23.0 Å². The van der Waals surface area contributed by atoms with Gasteiger partial charge in [0.15, 0.2) is 10.6 Å². The molecule has 0 unspecified atom stereocenters. The van der Waals surface area contributed by atoms with Gasteiger partial charge < -0.3 is 4.90 Å². The van der Waals surface area contributed by atoms with E-state index in [1.165, 1.54) is 5.56 Å². The predicted molar refractivity (Wildman–Crippen MR) is 130 cm³/mol. The molecule has 2 heterocycles. The van der Waals surface area contributed by atoms with Crippen LogP contribution in [0.2, 0.25) is 0 Å². The molecule has 2 aromatic carbocycles. The maximum absolute atomic E-state index is 13.0. The summed E-state index contributed by atoms with van der Waals surface area (Å²) in [5, 5.41) is 16.2. The number of benzene rings is 2. The summed E-state index contributed by atoms with van der Waals surface area (Å²) in [5.74, 6) is 0.912. The number of carbonyl (C=O) groups is 1. The van der Waals surface area contributed by atoms with E-state index in [2.05, 4.69) is 27.2 Å². The van der Waals surface area contributed by atoms with E-state index in [1.807, 2.05) is 58.9 Å². The zero-order valence-electron chi connectivity index (χ0n) is 18.8. The van der Waals surface area contributed by atoms with Crippen molar-refractivity contribution in [2.24, 2.45) is 0 Å². The van der Waals surface area contributed by atoms with Crippen LogP contribution in [0.5, 0.6) is 0 Å². The standard InChI is InChI=1S/C25H28N6OS/c1-19-4-2-5-22(16-19)24-27-28-25(33)31(24)13-10-23(32)30-12-3-11-29(14-15-30)18-21-8-6-20(17-26)7-9-21/h2,4-9,16H,3,10-15,18H2,1H3,(H,28,33). The van der Waals surface area contributed by atoms with Gasteiger partial charge in [0.05, 0.1) is 11.6 Å². The van der Waals surface area contributed by atoms with Crippen molar-refractivity contribution in [2.75, 3.05) is 26.2 Å². The van der Waals surface area contributed by atoms with Crippen molar-refractivity contribution in [1.29, 1.82) is 5.26 Å². The number of carbonyl (C=O) groups excluding carboxylic acids is 1. The molecule has 1 saturated heterocycles. The molecule has 1 N–H and O–H groups in total. The fourth-order valence-electron chi connectivity index (χ4n) is 4.22. The molecule has 0 spiro atoms. The molecule has 1 aliphatic rings. The van der Waals surface area contributed by atoms with E-state index in [1.54, 1.807) is 0 Å². The van der Waals surface area contributed by atoms with Crippen molar-refractivity contribution in [3.63, 3.8) is 0 Å². The van der Waals surface area contributed by atoms with Crippen molar-refractivity contribution in [1.82, 2.24) is 24.6 Å². The lowest BCUT2D eigenvalue weighted by atomic mass is 10.1. The highest BCUT2D eigenvalue weighted by Crippen LogP contribution is 2.19. The Morgan fingerprint density at radius 3 is 2.73 bits per heavy atom. The van der Waals surface area contributed by atoms with Gasteiger partial charge in [-0.15, -0.1) is 0 Å². The minimum atomic E-state index is 0.147. The Hall–Kier alpha value is -3.28. The molecule has 170 valence electrons. The third-order valence-electron chi connectivity index (χ3n) is 6.01. The van der Waals surface area contributed by atoms with Crippen LogP contribution < -0.4 is 0 Å². The summed E-state index contributed by atoms with van der Waals surface area (Å²) in [6.45, 7) is 6.66. The Bertz CT molecular complexity index is 1210. The number of aromatic amines is 1. The lowest BCUT2D eigenvalue weighted by Gasteiger charge is -2.22. The van der Waals surface area contributed by atoms with Crippen LogP contribution in [0.4, 0.5) is 0 Å². The Kier molecular flexibility index (Phi) is 7.33. The molecule has 0 saturated carbocycles. The fourth-order valence-corrected chi connectivity index (χ4v) is 4.44. The van der Waals surface area contributed by atoms with Gasteiger partial charge in [0.25, 0.3) is 0 Å². The Morgan fingerprint density at radius 2 is 1.97 bits per heavy atom. The van der Waals surface area contributed by atoms with Crippen molar-refractivity contribution in [3.05, 3.63) is 70.0 Å². The number of hydrogen-bond donors (Lipinski definition) is 1. The molecule has 3 aromatic rings. The minimum absolute atomic E-state index is 0.147. The molecule has 0 bridgehead atoms. The van der Waals surface area contributed by atoms with Crippen LogP contribution >= 0.6 is 12.2 Å². The predicted octanol–water partition coefficient (Wildman–Crippen LogP) is 3.91. The Labute approximate surface area is 199 Å². The first-order valence-corrected chi connectivity index (χ1v) is 11.7. The average Bonchev–Trinajstić information content (AvgIpc) is 3.03. The molecular weight excluding hydrogens is 432 g/mol. The molecule has 1 aliphatic heterocycles. The molecule has 4 rings (SSSR count). The van der Waals surface area contributed by atoms with Gasteiger partial charge in [-0.2, -0.15) is 10.4 Å². The fraction of sp³-hybridized carbons (Fsp3) is 0.360. The first kappa shape index (κ1) is 22.9. The number of hydrogen-bond acceptors (Lipinski definition) is 5. The van der Waals surface area contributed by atoms with E-state index in [-0.39, 0.29) is 5.91 Å². The molecule has 8 heteroatoms. The third kappa shape index (κ3) is 5.75. The summed E-state index contributed by atoms with van der Waals surface area (Å²) in [6, 6.07) is 18.0. The monoisotopic (exact) mass is 460 g/mol. The zero-order valence-corrected chi connectivity index (χ0v) is 19.6. The molecule has 0 radical (unpaired) electrons. The largest absolute Gasteiger partial charge is 0.341 e. The van der Waals surface area contributed by atoms with Gasteiger partial charge in [0, 0.05) is 51.3 Å². The molecular formula is C25H28N6OS. The van der Waals surface area contributed by atoms with Crippen LogP contribution in [0.1, 0.15) is 29.5 Å². The molecule has 7 nitrogen and oxygen atoms in total. The van der Waals surface area contributed by atoms with Crippen LogP contribution in [-0.2, 0) is 17.9 Å². The van der Waals surface area contributed by atoms with Crippen LogP contribution in [0.3, 0.4) is 0 Å². The van der Waals surface area contributed by atoms with E-state index < -0.39 is 0 Å². The summed E-state index contributed by atoms with van der Waals surface area (Å²) >= 11 is 5.42. The smallest absolute Gasteiger partial charge is 0.224 e. The van der Waals surface area contributed by atoms with E-state index in [0.29, 0.717) is 23.3 Å². The summed E-state index contributed by atoms with van der Waals surface area (Å²) in [6.07, 6.45) is 1.34. The molecule has 1 fully saturated rings. The normalized spacial score (nSPS) is 14.6. The Balaban J connectivity index is 1.34. The first-order valence-electron chi connectivity index (χ1n) is 11.2. The summed E-state index contributed by atoms with van der Waals surface area (Å²) < 4.78 is 2.44. The first-order chi connectivity index (χ1) is 16.0. The van der Waals surface area contributed by atoms with Gasteiger partial charge in [0.1, 0.15) is 0 Å². The second kappa shape index (κ2) is 10.6. The SMILES string of the molecule is Cc1cccc(-c2n[nH]c(=S)n2CCC(=O)N2CCCN(Cc3ccc(C#N)cc3)CC2)c1. The highest BCUT2D eigenvalue weighted by atomic mass is 32.1. The van der Waals surface area contributed by atoms with Crippen molar-refractivity contribution >= 4 is 18.1 Å². The molecule has 1 amide bonds. The second-order valence-corrected chi connectivity index (χ2v) is 8.83. The number of aromatic nitrogens is 3. The van der Waals surface area contributed by atoms with Crippen molar-refractivity contribution < 1.29 is 4.79 Å². The van der Waals surface area contributed by atoms with Crippen molar-refractivity contribution in [3.8, 4) is 17.5 Å². The maximum atomic E-state index is 13.0.